The predicted molar refractivity (Wildman–Crippen MR) is 66.3 cm³/mol. The Morgan fingerprint density at radius 1 is 1.50 bits per heavy atom. The summed E-state index contributed by atoms with van der Waals surface area (Å²) in [5.41, 5.74) is 3.07. The smallest absolute Gasteiger partial charge is 0.358 e. The van der Waals surface area contributed by atoms with Crippen molar-refractivity contribution < 1.29 is 19.1 Å². The van der Waals surface area contributed by atoms with E-state index in [0.717, 1.165) is 0 Å². The molecule has 18 heavy (non-hydrogen) atoms. The molecule has 0 atom stereocenters. The van der Waals surface area contributed by atoms with Crippen LogP contribution in [0.3, 0.4) is 0 Å². The van der Waals surface area contributed by atoms with Crippen LogP contribution in [-0.4, -0.2) is 36.9 Å². The molecule has 0 aliphatic carbocycles. The molecule has 0 aliphatic rings. The quantitative estimate of drug-likeness (QED) is 0.795. The third kappa shape index (κ3) is 3.66. The minimum atomic E-state index is -0.548. The van der Waals surface area contributed by atoms with Gasteiger partial charge >= 0.3 is 11.9 Å². The van der Waals surface area contributed by atoms with Crippen molar-refractivity contribution in [3.05, 3.63) is 23.0 Å². The highest BCUT2D eigenvalue weighted by molar-refractivity contribution is 6.33. The molecular weight excluding hydrogens is 260 g/mol. The van der Waals surface area contributed by atoms with Gasteiger partial charge in [0.1, 0.15) is 0 Å². The molecule has 0 fully saturated rings. The Morgan fingerprint density at radius 2 is 2.22 bits per heavy atom. The SMILES string of the molecule is CCOC(=O)CCNn1ccc(Cl)c1C(=O)OC. The van der Waals surface area contributed by atoms with Crippen molar-refractivity contribution in [2.45, 2.75) is 13.3 Å². The second-order valence-corrected chi connectivity index (χ2v) is 3.74. The summed E-state index contributed by atoms with van der Waals surface area (Å²) >= 11 is 5.86. The largest absolute Gasteiger partial charge is 0.466 e. The molecule has 1 heterocycles. The maximum absolute atomic E-state index is 11.5. The number of esters is 2. The van der Waals surface area contributed by atoms with E-state index in [1.807, 2.05) is 0 Å². The van der Waals surface area contributed by atoms with Crippen LogP contribution in [0.2, 0.25) is 5.02 Å². The highest BCUT2D eigenvalue weighted by Crippen LogP contribution is 2.16. The lowest BCUT2D eigenvalue weighted by molar-refractivity contribution is -0.142. The first-order chi connectivity index (χ1) is 8.60. The summed E-state index contributed by atoms with van der Waals surface area (Å²) < 4.78 is 10.8. The van der Waals surface area contributed by atoms with Gasteiger partial charge in [0.05, 0.1) is 25.2 Å². The molecule has 0 aliphatic heterocycles. The van der Waals surface area contributed by atoms with Gasteiger partial charge in [-0.3, -0.25) is 9.47 Å². The van der Waals surface area contributed by atoms with Gasteiger partial charge in [-0.15, -0.1) is 0 Å². The number of methoxy groups -OCH3 is 1. The van der Waals surface area contributed by atoms with Crippen molar-refractivity contribution in [3.8, 4) is 0 Å². The second-order valence-electron chi connectivity index (χ2n) is 3.34. The van der Waals surface area contributed by atoms with Crippen molar-refractivity contribution in [2.75, 3.05) is 25.7 Å². The van der Waals surface area contributed by atoms with E-state index in [1.165, 1.54) is 11.8 Å². The van der Waals surface area contributed by atoms with Crippen LogP contribution in [0.5, 0.6) is 0 Å². The molecule has 0 spiro atoms. The minimum Gasteiger partial charge on any atom is -0.466 e. The maximum Gasteiger partial charge on any atom is 0.358 e. The maximum atomic E-state index is 11.5. The van der Waals surface area contributed by atoms with Crippen molar-refractivity contribution in [2.24, 2.45) is 0 Å². The molecule has 6 nitrogen and oxygen atoms in total. The molecule has 0 saturated heterocycles. The van der Waals surface area contributed by atoms with Gasteiger partial charge < -0.3 is 14.9 Å². The molecule has 1 rings (SSSR count). The Hall–Kier alpha value is -1.69. The molecule has 0 aromatic carbocycles. The third-order valence-corrected chi connectivity index (χ3v) is 2.44. The number of nitrogens with one attached hydrogen (secondary N) is 1. The third-order valence-electron chi connectivity index (χ3n) is 2.13. The number of hydrogen-bond donors (Lipinski definition) is 1. The first kappa shape index (κ1) is 14.4. The molecule has 100 valence electrons. The lowest BCUT2D eigenvalue weighted by atomic mass is 10.4. The van der Waals surface area contributed by atoms with E-state index in [9.17, 15) is 9.59 Å². The lowest BCUT2D eigenvalue weighted by Crippen LogP contribution is -2.23. The zero-order chi connectivity index (χ0) is 13.5. The van der Waals surface area contributed by atoms with Crippen LogP contribution in [0.4, 0.5) is 0 Å². The number of rotatable bonds is 6. The zero-order valence-electron chi connectivity index (χ0n) is 10.2. The van der Waals surface area contributed by atoms with Crippen LogP contribution in [0.25, 0.3) is 0 Å². The summed E-state index contributed by atoms with van der Waals surface area (Å²) in [6.45, 7) is 2.42. The minimum absolute atomic E-state index is 0.197. The lowest BCUT2D eigenvalue weighted by Gasteiger charge is -2.10. The zero-order valence-corrected chi connectivity index (χ0v) is 11.0. The number of nitrogens with zero attached hydrogens (tertiary/aromatic N) is 1. The number of hydrogen-bond acceptors (Lipinski definition) is 5. The van der Waals surface area contributed by atoms with E-state index in [-0.39, 0.29) is 23.1 Å². The summed E-state index contributed by atoms with van der Waals surface area (Å²) in [5, 5.41) is 0.283. The Kier molecular flexibility index (Phi) is 5.51. The topological polar surface area (TPSA) is 69.6 Å². The average Bonchev–Trinajstić information content (AvgIpc) is 2.70. The highest BCUT2D eigenvalue weighted by atomic mass is 35.5. The molecule has 0 unspecified atom stereocenters. The standard InChI is InChI=1S/C11H15ClN2O4/c1-3-18-9(15)4-6-13-14-7-5-8(12)10(14)11(16)17-2/h5,7,13H,3-4,6H2,1-2H3. The normalized spacial score (nSPS) is 9.94. The number of aromatic nitrogens is 1. The van der Waals surface area contributed by atoms with Crippen molar-refractivity contribution in [1.29, 1.82) is 0 Å². The molecular formula is C11H15ClN2O4. The number of ether oxygens (including phenoxy) is 2. The van der Waals surface area contributed by atoms with Crippen LogP contribution >= 0.6 is 11.6 Å². The van der Waals surface area contributed by atoms with Crippen LogP contribution in [0.15, 0.2) is 12.3 Å². The van der Waals surface area contributed by atoms with E-state index >= 15 is 0 Å². The predicted octanol–water partition coefficient (Wildman–Crippen LogP) is 1.42. The summed E-state index contributed by atoms with van der Waals surface area (Å²) in [5.74, 6) is -0.850. The Labute approximate surface area is 110 Å². The second kappa shape index (κ2) is 6.90. The van der Waals surface area contributed by atoms with Crippen LogP contribution in [0.1, 0.15) is 23.8 Å². The Balaban J connectivity index is 2.57. The molecule has 0 saturated carbocycles. The molecule has 0 radical (unpaired) electrons. The Morgan fingerprint density at radius 3 is 2.83 bits per heavy atom. The van der Waals surface area contributed by atoms with Gasteiger partial charge in [0.25, 0.3) is 0 Å². The number of halogens is 1. The van der Waals surface area contributed by atoms with E-state index in [1.54, 1.807) is 19.2 Å². The fraction of sp³-hybridized carbons (Fsp3) is 0.455. The summed E-state index contributed by atoms with van der Waals surface area (Å²) in [6, 6.07) is 1.56. The molecule has 1 aromatic heterocycles. The molecule has 0 bridgehead atoms. The fourth-order valence-electron chi connectivity index (χ4n) is 1.34. The molecule has 7 heteroatoms. The first-order valence-electron chi connectivity index (χ1n) is 5.44. The summed E-state index contributed by atoms with van der Waals surface area (Å²) in [6.07, 6.45) is 1.78. The monoisotopic (exact) mass is 274 g/mol. The molecule has 0 amide bonds. The van der Waals surface area contributed by atoms with Crippen LogP contribution in [0, 0.1) is 0 Å². The van der Waals surface area contributed by atoms with Crippen LogP contribution in [-0.2, 0) is 14.3 Å². The van der Waals surface area contributed by atoms with E-state index in [2.05, 4.69) is 10.2 Å². The highest BCUT2D eigenvalue weighted by Gasteiger charge is 2.16. The van der Waals surface area contributed by atoms with E-state index in [4.69, 9.17) is 16.3 Å². The van der Waals surface area contributed by atoms with Crippen molar-refractivity contribution in [3.63, 3.8) is 0 Å². The van der Waals surface area contributed by atoms with Gasteiger partial charge in [-0.05, 0) is 13.0 Å². The van der Waals surface area contributed by atoms with E-state index in [0.29, 0.717) is 13.2 Å². The molecule has 1 aromatic rings. The van der Waals surface area contributed by atoms with Crippen molar-refractivity contribution in [1.82, 2.24) is 4.68 Å². The van der Waals surface area contributed by atoms with Gasteiger partial charge in [-0.25, -0.2) is 4.79 Å². The number of carbonyl (C=O) groups excluding carboxylic acids is 2. The van der Waals surface area contributed by atoms with Gasteiger partial charge in [0.2, 0.25) is 0 Å². The number of carbonyl (C=O) groups is 2. The van der Waals surface area contributed by atoms with Gasteiger partial charge in [0.15, 0.2) is 5.69 Å². The van der Waals surface area contributed by atoms with Crippen LogP contribution < -0.4 is 5.43 Å². The Bertz CT molecular complexity index is 431. The van der Waals surface area contributed by atoms with Gasteiger partial charge in [-0.1, -0.05) is 11.6 Å². The van der Waals surface area contributed by atoms with Gasteiger partial charge in [0, 0.05) is 12.7 Å². The average molecular weight is 275 g/mol. The fourth-order valence-corrected chi connectivity index (χ4v) is 1.57. The summed E-state index contributed by atoms with van der Waals surface area (Å²) in [4.78, 5) is 22.6. The summed E-state index contributed by atoms with van der Waals surface area (Å²) in [7, 11) is 1.27. The van der Waals surface area contributed by atoms with Gasteiger partial charge in [-0.2, -0.15) is 0 Å². The first-order valence-corrected chi connectivity index (χ1v) is 5.82. The van der Waals surface area contributed by atoms with E-state index < -0.39 is 5.97 Å². The molecule has 1 N–H and O–H groups in total. The van der Waals surface area contributed by atoms with Crippen molar-refractivity contribution >= 4 is 23.5 Å².